The van der Waals surface area contributed by atoms with Crippen molar-refractivity contribution in [2.75, 3.05) is 20.3 Å². The summed E-state index contributed by atoms with van der Waals surface area (Å²) in [5.74, 6) is -2.74. The van der Waals surface area contributed by atoms with Crippen LogP contribution in [0.1, 0.15) is 51.2 Å². The maximum Gasteiger partial charge on any atom is 0.423 e. The first-order valence-corrected chi connectivity index (χ1v) is 21.4. The lowest BCUT2D eigenvalue weighted by atomic mass is 9.69. The fourth-order valence-corrected chi connectivity index (χ4v) is 13.8. The topological polar surface area (TPSA) is 102 Å². The highest BCUT2D eigenvalue weighted by Gasteiger charge is 2.59. The summed E-state index contributed by atoms with van der Waals surface area (Å²) < 4.78 is 19.8. The Hall–Kier alpha value is -4.61. The fourth-order valence-electron chi connectivity index (χ4n) is 8.90. The second-order valence-corrected chi connectivity index (χ2v) is 20.8. The van der Waals surface area contributed by atoms with Crippen molar-refractivity contribution in [1.82, 2.24) is 4.90 Å². The molecule has 0 bridgehead atoms. The SMILES string of the molecule is COC(=O)N1C(=O)[C@@H]2[C@@H](CC(CO[Si](c3ccccc3)(c3ccccc3)C(C)(C)C)=C3[C@@H](CC/C(=C/c4cc(Br)ccc4O)c4ccccc4)OC[C@@H]32)C1=O. The molecule has 2 saturated heterocycles. The second kappa shape index (κ2) is 15.9. The normalized spacial score (nSPS) is 21.5. The molecule has 3 amide bonds. The minimum Gasteiger partial charge on any atom is -0.507 e. The Balaban J connectivity index is 1.30. The number of halogens is 1. The molecule has 1 N–H and O–H groups in total. The Bertz CT molecular complexity index is 2090. The third kappa shape index (κ3) is 7.28. The highest BCUT2D eigenvalue weighted by Crippen LogP contribution is 2.51. The van der Waals surface area contributed by atoms with Gasteiger partial charge in [-0.1, -0.05) is 128 Å². The van der Waals surface area contributed by atoms with Crippen LogP contribution in [0, 0.1) is 17.8 Å². The summed E-state index contributed by atoms with van der Waals surface area (Å²) in [4.78, 5) is 41.2. The highest BCUT2D eigenvalue weighted by molar-refractivity contribution is 9.10. The summed E-state index contributed by atoms with van der Waals surface area (Å²) >= 11 is 3.54. The van der Waals surface area contributed by atoms with E-state index in [1.54, 1.807) is 12.1 Å². The molecule has 0 radical (unpaired) electrons. The van der Waals surface area contributed by atoms with Crippen LogP contribution in [0.4, 0.5) is 4.79 Å². The van der Waals surface area contributed by atoms with Crippen LogP contribution in [0.2, 0.25) is 5.04 Å². The van der Waals surface area contributed by atoms with Crippen molar-refractivity contribution >= 4 is 64.2 Å². The van der Waals surface area contributed by atoms with Gasteiger partial charge in [0.1, 0.15) is 5.75 Å². The third-order valence-corrected chi connectivity index (χ3v) is 16.9. The minimum absolute atomic E-state index is 0.178. The van der Waals surface area contributed by atoms with Crippen molar-refractivity contribution in [3.63, 3.8) is 0 Å². The number of carbonyl (C=O) groups is 3. The van der Waals surface area contributed by atoms with Crippen LogP contribution in [-0.4, -0.2) is 62.7 Å². The Morgan fingerprint density at radius 1 is 0.909 bits per heavy atom. The number of ether oxygens (including phenoxy) is 2. The van der Waals surface area contributed by atoms with Crippen LogP contribution in [0.5, 0.6) is 5.75 Å². The molecule has 4 aromatic carbocycles. The molecule has 0 aromatic heterocycles. The molecule has 0 saturated carbocycles. The van der Waals surface area contributed by atoms with Gasteiger partial charge < -0.3 is 19.0 Å². The molecular formula is C45H46BrNO7Si. The van der Waals surface area contributed by atoms with Crippen molar-refractivity contribution in [2.45, 2.75) is 51.2 Å². The number of likely N-dealkylation sites (tertiary alicyclic amines) is 1. The molecule has 2 fully saturated rings. The van der Waals surface area contributed by atoms with Gasteiger partial charge in [-0.05, 0) is 81.2 Å². The largest absolute Gasteiger partial charge is 0.507 e. The molecule has 0 spiro atoms. The van der Waals surface area contributed by atoms with E-state index in [0.29, 0.717) is 23.3 Å². The van der Waals surface area contributed by atoms with Crippen LogP contribution in [0.3, 0.4) is 0 Å². The van der Waals surface area contributed by atoms with Gasteiger partial charge >= 0.3 is 6.09 Å². The molecule has 284 valence electrons. The number of imide groups is 3. The Labute approximate surface area is 332 Å². The van der Waals surface area contributed by atoms with E-state index in [1.165, 1.54) is 7.11 Å². The molecule has 10 heteroatoms. The first-order valence-electron chi connectivity index (χ1n) is 18.7. The number of methoxy groups -OCH3 is 1. The first-order chi connectivity index (χ1) is 26.4. The number of hydrogen-bond acceptors (Lipinski definition) is 7. The molecule has 2 aliphatic heterocycles. The van der Waals surface area contributed by atoms with Gasteiger partial charge in [-0.2, -0.15) is 4.90 Å². The van der Waals surface area contributed by atoms with Crippen LogP contribution in [0.15, 0.2) is 125 Å². The van der Waals surface area contributed by atoms with Crippen molar-refractivity contribution in [1.29, 1.82) is 0 Å². The first kappa shape index (κ1) is 38.7. The smallest absolute Gasteiger partial charge is 0.423 e. The molecule has 0 unspecified atom stereocenters. The van der Waals surface area contributed by atoms with E-state index in [1.807, 2.05) is 42.5 Å². The van der Waals surface area contributed by atoms with Crippen molar-refractivity contribution in [2.24, 2.45) is 17.8 Å². The van der Waals surface area contributed by atoms with Crippen LogP contribution >= 0.6 is 15.9 Å². The van der Waals surface area contributed by atoms with E-state index in [0.717, 1.165) is 37.1 Å². The minimum atomic E-state index is -2.98. The maximum atomic E-state index is 13.9. The van der Waals surface area contributed by atoms with Crippen LogP contribution < -0.4 is 10.4 Å². The molecule has 4 atom stereocenters. The number of allylic oxidation sites excluding steroid dienone is 1. The van der Waals surface area contributed by atoms with E-state index in [2.05, 4.69) is 97.4 Å². The lowest BCUT2D eigenvalue weighted by Crippen LogP contribution is -2.66. The van der Waals surface area contributed by atoms with Gasteiger partial charge in [0.15, 0.2) is 0 Å². The quantitative estimate of drug-likeness (QED) is 0.0747. The molecule has 8 nitrogen and oxygen atoms in total. The number of aromatic hydroxyl groups is 1. The van der Waals surface area contributed by atoms with E-state index in [-0.39, 0.29) is 36.5 Å². The Morgan fingerprint density at radius 2 is 1.53 bits per heavy atom. The van der Waals surface area contributed by atoms with Gasteiger partial charge in [-0.15, -0.1) is 0 Å². The van der Waals surface area contributed by atoms with E-state index in [9.17, 15) is 19.5 Å². The highest BCUT2D eigenvalue weighted by atomic mass is 79.9. The molecule has 1 aliphatic carbocycles. The zero-order chi connectivity index (χ0) is 38.9. The number of phenolic OH excluding ortho intramolecular Hbond substituents is 1. The molecule has 7 rings (SSSR count). The van der Waals surface area contributed by atoms with E-state index in [4.69, 9.17) is 13.9 Å². The summed E-state index contributed by atoms with van der Waals surface area (Å²) in [5, 5.41) is 12.8. The summed E-state index contributed by atoms with van der Waals surface area (Å²) in [6, 6.07) is 36.3. The summed E-state index contributed by atoms with van der Waals surface area (Å²) in [6.07, 6.45) is 2.16. The molecule has 55 heavy (non-hydrogen) atoms. The Morgan fingerprint density at radius 3 is 2.13 bits per heavy atom. The summed E-state index contributed by atoms with van der Waals surface area (Å²) in [5.41, 5.74) is 4.67. The average Bonchev–Trinajstić information content (AvgIpc) is 3.72. The number of carbonyl (C=O) groups excluding carboxylic acids is 3. The van der Waals surface area contributed by atoms with E-state index >= 15 is 0 Å². The number of hydrogen-bond donors (Lipinski definition) is 1. The number of benzene rings is 4. The monoisotopic (exact) mass is 819 g/mol. The van der Waals surface area contributed by atoms with Gasteiger partial charge in [0.05, 0.1) is 38.3 Å². The zero-order valence-corrected chi connectivity index (χ0v) is 34.1. The van der Waals surface area contributed by atoms with Crippen molar-refractivity contribution in [3.8, 4) is 5.75 Å². The third-order valence-electron chi connectivity index (χ3n) is 11.4. The second-order valence-electron chi connectivity index (χ2n) is 15.5. The molecule has 3 aliphatic rings. The number of phenols is 1. The number of rotatable bonds is 10. The van der Waals surface area contributed by atoms with Crippen LogP contribution in [-0.2, 0) is 23.5 Å². The Kier molecular flexibility index (Phi) is 11.1. The standard InChI is InChI=1S/C45H46BrNO7Si/c1-45(2,3)55(34-16-10-6-11-17-34,35-18-12-7-13-19-35)54-27-32-26-36-41(43(50)47(42(36)49)44(51)52-4)37-28-53-39(40(32)37)23-20-30(29-14-8-5-9-15-29)24-31-25-33(46)21-22-38(31)48/h5-19,21-22,24-25,36-37,39,41,48H,20,23,26-28H2,1-4H3/b30-24-/t36-,37+,39-,41-/m1/s1. The van der Waals surface area contributed by atoms with Crippen molar-refractivity contribution < 1.29 is 33.4 Å². The molecule has 4 aromatic rings. The van der Waals surface area contributed by atoms with Gasteiger partial charge in [0.25, 0.3) is 8.32 Å². The summed E-state index contributed by atoms with van der Waals surface area (Å²) in [6.45, 7) is 7.17. The van der Waals surface area contributed by atoms with Crippen LogP contribution in [0.25, 0.3) is 11.6 Å². The molecular weight excluding hydrogens is 774 g/mol. The number of fused-ring (bicyclic) bond motifs is 3. The zero-order valence-electron chi connectivity index (χ0n) is 31.5. The van der Waals surface area contributed by atoms with Crippen molar-refractivity contribution in [3.05, 3.63) is 136 Å². The lowest BCUT2D eigenvalue weighted by molar-refractivity contribution is -0.137. The van der Waals surface area contributed by atoms with E-state index < -0.39 is 44.0 Å². The average molecular weight is 821 g/mol. The number of nitrogens with zero attached hydrogens (tertiary/aromatic N) is 1. The molecule has 2 heterocycles. The number of amides is 3. The summed E-state index contributed by atoms with van der Waals surface area (Å²) in [7, 11) is -1.80. The lowest BCUT2D eigenvalue weighted by Gasteiger charge is -2.44. The van der Waals surface area contributed by atoms with Gasteiger partial charge in [-0.25, -0.2) is 4.79 Å². The van der Waals surface area contributed by atoms with Gasteiger partial charge in [-0.3, -0.25) is 9.59 Å². The predicted octanol–water partition coefficient (Wildman–Crippen LogP) is 8.14. The van der Waals surface area contributed by atoms with Gasteiger partial charge in [0.2, 0.25) is 11.8 Å². The predicted molar refractivity (Wildman–Crippen MR) is 219 cm³/mol. The fraction of sp³-hybridized carbons (Fsp3) is 0.311. The maximum absolute atomic E-state index is 13.9. The van der Waals surface area contributed by atoms with Gasteiger partial charge in [0, 0.05) is 16.0 Å².